The van der Waals surface area contributed by atoms with Crippen LogP contribution in [-0.4, -0.2) is 32.2 Å². The minimum Gasteiger partial charge on any atom is -0.273 e. The van der Waals surface area contributed by atoms with Crippen LogP contribution < -0.4 is 15.8 Å². The summed E-state index contributed by atoms with van der Waals surface area (Å²) in [6, 6.07) is 15.1. The number of barbiturate groups is 1. The molecular formula is C28H25N5O4. The molecule has 1 fully saturated rings. The third-order valence-electron chi connectivity index (χ3n) is 6.55. The molecule has 1 aliphatic rings. The minimum atomic E-state index is -0.800. The van der Waals surface area contributed by atoms with Crippen molar-refractivity contribution in [1.82, 2.24) is 19.7 Å². The number of anilines is 1. The number of amides is 4. The molecule has 0 radical (unpaired) electrons. The number of hydrogen-bond acceptors (Lipinski definition) is 5. The molecule has 0 saturated carbocycles. The summed E-state index contributed by atoms with van der Waals surface area (Å²) in [4.78, 5) is 57.5. The molecule has 0 bridgehead atoms. The number of para-hydroxylation sites is 1. The monoisotopic (exact) mass is 495 g/mol. The number of hydrogen-bond donors (Lipinski definition) is 1. The molecule has 0 atom stereocenters. The van der Waals surface area contributed by atoms with E-state index in [1.54, 1.807) is 54.9 Å². The van der Waals surface area contributed by atoms with E-state index in [2.05, 4.69) is 10.3 Å². The fourth-order valence-electron chi connectivity index (χ4n) is 4.63. The van der Waals surface area contributed by atoms with Gasteiger partial charge in [-0.15, -0.1) is 0 Å². The van der Waals surface area contributed by atoms with Crippen molar-refractivity contribution >= 4 is 40.5 Å². The van der Waals surface area contributed by atoms with Crippen molar-refractivity contribution in [3.05, 3.63) is 98.9 Å². The number of benzene rings is 2. The van der Waals surface area contributed by atoms with E-state index < -0.39 is 17.8 Å². The van der Waals surface area contributed by atoms with Gasteiger partial charge in [0.1, 0.15) is 11.4 Å². The van der Waals surface area contributed by atoms with E-state index in [1.807, 2.05) is 32.0 Å². The first-order valence-electron chi connectivity index (χ1n) is 11.9. The molecule has 9 heteroatoms. The van der Waals surface area contributed by atoms with Gasteiger partial charge in [-0.1, -0.05) is 31.2 Å². The predicted molar refractivity (Wildman–Crippen MR) is 140 cm³/mol. The molecule has 9 nitrogen and oxygen atoms in total. The molecule has 1 N–H and O–H groups in total. The zero-order valence-electron chi connectivity index (χ0n) is 20.9. The Morgan fingerprint density at radius 3 is 2.32 bits per heavy atom. The maximum atomic E-state index is 13.4. The third kappa shape index (κ3) is 3.94. The van der Waals surface area contributed by atoms with Crippen molar-refractivity contribution in [2.75, 3.05) is 4.90 Å². The smallest absolute Gasteiger partial charge is 0.273 e. The molecule has 1 aliphatic heterocycles. The molecule has 4 aromatic rings. The van der Waals surface area contributed by atoms with Gasteiger partial charge in [0.05, 0.1) is 16.6 Å². The molecule has 5 rings (SSSR count). The van der Waals surface area contributed by atoms with Gasteiger partial charge in [-0.3, -0.25) is 24.4 Å². The van der Waals surface area contributed by atoms with E-state index in [9.17, 15) is 19.2 Å². The van der Waals surface area contributed by atoms with E-state index in [0.29, 0.717) is 39.4 Å². The Kier molecular flexibility index (Phi) is 5.83. The Balaban J connectivity index is 1.60. The van der Waals surface area contributed by atoms with Crippen LogP contribution in [0, 0.1) is 20.8 Å². The van der Waals surface area contributed by atoms with Gasteiger partial charge in [-0.2, -0.15) is 4.68 Å². The van der Waals surface area contributed by atoms with Crippen LogP contribution in [0.25, 0.3) is 17.0 Å². The number of fused-ring (bicyclic) bond motifs is 1. The summed E-state index contributed by atoms with van der Waals surface area (Å²) in [5, 5.41) is 2.73. The Labute approximate surface area is 212 Å². The summed E-state index contributed by atoms with van der Waals surface area (Å²) in [5.41, 5.74) is 3.51. The van der Waals surface area contributed by atoms with Crippen LogP contribution in [0.15, 0.2) is 65.0 Å². The molecule has 186 valence electrons. The lowest BCUT2D eigenvalue weighted by atomic mass is 10.1. The summed E-state index contributed by atoms with van der Waals surface area (Å²) in [7, 11) is 0. The van der Waals surface area contributed by atoms with Gasteiger partial charge in [0.15, 0.2) is 0 Å². The van der Waals surface area contributed by atoms with Gasteiger partial charge in [0.25, 0.3) is 17.4 Å². The number of nitrogens with zero attached hydrogens (tertiary/aromatic N) is 4. The van der Waals surface area contributed by atoms with Crippen LogP contribution in [0.2, 0.25) is 0 Å². The largest absolute Gasteiger partial charge is 0.335 e. The van der Waals surface area contributed by atoms with Crippen LogP contribution in [0.5, 0.6) is 0 Å². The van der Waals surface area contributed by atoms with Crippen LogP contribution in [-0.2, 0) is 16.0 Å². The summed E-state index contributed by atoms with van der Waals surface area (Å²) >= 11 is 0. The summed E-state index contributed by atoms with van der Waals surface area (Å²) in [6.07, 6.45) is 2.26. The molecule has 0 spiro atoms. The zero-order valence-corrected chi connectivity index (χ0v) is 20.9. The molecule has 0 unspecified atom stereocenters. The summed E-state index contributed by atoms with van der Waals surface area (Å²) < 4.78 is 3.18. The van der Waals surface area contributed by atoms with Crippen LogP contribution in [0.3, 0.4) is 0 Å². The zero-order chi connectivity index (χ0) is 26.4. The molecule has 0 aliphatic carbocycles. The van der Waals surface area contributed by atoms with Crippen molar-refractivity contribution in [2.45, 2.75) is 34.1 Å². The molecule has 1 saturated heterocycles. The minimum absolute atomic E-state index is 0.180. The average molecular weight is 496 g/mol. The van der Waals surface area contributed by atoms with Crippen molar-refractivity contribution in [3.63, 3.8) is 0 Å². The Morgan fingerprint density at radius 2 is 1.62 bits per heavy atom. The first-order chi connectivity index (χ1) is 17.7. The van der Waals surface area contributed by atoms with Crippen molar-refractivity contribution in [2.24, 2.45) is 0 Å². The Bertz CT molecular complexity index is 1690. The number of aryl methyl sites for hydroxylation is 3. The lowest BCUT2D eigenvalue weighted by Gasteiger charge is -2.26. The van der Waals surface area contributed by atoms with E-state index >= 15 is 0 Å². The summed E-state index contributed by atoms with van der Waals surface area (Å²) in [5.74, 6) is -1.01. The standard InChI is InChI=1S/C28H25N5O4/c1-5-19-10-12-21(13-11-19)31-26(35)23(25(34)30-28(31)37)15-20-14-16(2)32(17(20)3)33-18(4)29-24-9-7-6-8-22(24)27(33)36/h6-15H,5H2,1-4H3,(H,30,34,37). The number of urea groups is 1. The topological polar surface area (TPSA) is 106 Å². The Hall–Kier alpha value is -4.79. The maximum absolute atomic E-state index is 13.4. The highest BCUT2D eigenvalue weighted by Gasteiger charge is 2.37. The van der Waals surface area contributed by atoms with Crippen molar-refractivity contribution in [3.8, 4) is 0 Å². The van der Waals surface area contributed by atoms with Gasteiger partial charge in [-0.05, 0) is 74.7 Å². The van der Waals surface area contributed by atoms with Gasteiger partial charge in [-0.25, -0.2) is 14.7 Å². The van der Waals surface area contributed by atoms with Gasteiger partial charge >= 0.3 is 6.03 Å². The second kappa shape index (κ2) is 9.02. The third-order valence-corrected chi connectivity index (χ3v) is 6.55. The summed E-state index contributed by atoms with van der Waals surface area (Å²) in [6.45, 7) is 7.37. The van der Waals surface area contributed by atoms with Crippen molar-refractivity contribution < 1.29 is 14.4 Å². The molecule has 2 aromatic heterocycles. The fraction of sp³-hybridized carbons (Fsp3) is 0.179. The van der Waals surface area contributed by atoms with E-state index in [0.717, 1.165) is 16.9 Å². The molecule has 3 heterocycles. The SMILES string of the molecule is CCc1ccc(N2C(=O)NC(=O)C(=Cc3cc(C)n(-n4c(C)nc5ccccc5c4=O)c3C)C2=O)cc1. The number of imide groups is 2. The Morgan fingerprint density at radius 1 is 0.919 bits per heavy atom. The van der Waals surface area contributed by atoms with Crippen LogP contribution >= 0.6 is 0 Å². The number of rotatable bonds is 4. The maximum Gasteiger partial charge on any atom is 0.335 e. The van der Waals surface area contributed by atoms with Crippen LogP contribution in [0.4, 0.5) is 10.5 Å². The molecule has 2 aromatic carbocycles. The highest BCUT2D eigenvalue weighted by Crippen LogP contribution is 2.25. The first kappa shape index (κ1) is 23.9. The fourth-order valence-corrected chi connectivity index (χ4v) is 4.63. The lowest BCUT2D eigenvalue weighted by Crippen LogP contribution is -2.54. The first-order valence-corrected chi connectivity index (χ1v) is 11.9. The van der Waals surface area contributed by atoms with E-state index in [-0.39, 0.29) is 11.1 Å². The normalized spacial score (nSPS) is 15.1. The van der Waals surface area contributed by atoms with Gasteiger partial charge in [0, 0.05) is 11.4 Å². The van der Waals surface area contributed by atoms with Gasteiger partial charge in [0.2, 0.25) is 0 Å². The molecule has 37 heavy (non-hydrogen) atoms. The highest BCUT2D eigenvalue weighted by atomic mass is 16.2. The highest BCUT2D eigenvalue weighted by molar-refractivity contribution is 6.39. The van der Waals surface area contributed by atoms with E-state index in [4.69, 9.17) is 0 Å². The molecule has 4 amide bonds. The number of carbonyl (C=O) groups excluding carboxylic acids is 3. The second-order valence-corrected chi connectivity index (χ2v) is 8.91. The van der Waals surface area contributed by atoms with E-state index in [1.165, 1.54) is 10.8 Å². The number of aromatic nitrogens is 3. The second-order valence-electron chi connectivity index (χ2n) is 8.91. The van der Waals surface area contributed by atoms with Crippen molar-refractivity contribution in [1.29, 1.82) is 0 Å². The number of carbonyl (C=O) groups is 3. The molecular weight excluding hydrogens is 470 g/mol. The lowest BCUT2D eigenvalue weighted by molar-refractivity contribution is -0.122. The average Bonchev–Trinajstić information content (AvgIpc) is 3.14. The predicted octanol–water partition coefficient (Wildman–Crippen LogP) is 3.66. The van der Waals surface area contributed by atoms with Crippen LogP contribution in [0.1, 0.15) is 35.3 Å². The van der Waals surface area contributed by atoms with Gasteiger partial charge < -0.3 is 0 Å². The quantitative estimate of drug-likeness (QED) is 0.344. The number of nitrogens with one attached hydrogen (secondary N) is 1.